The van der Waals surface area contributed by atoms with Gasteiger partial charge in [0.2, 0.25) is 10.0 Å². The van der Waals surface area contributed by atoms with E-state index in [1.54, 1.807) is 24.1 Å². The summed E-state index contributed by atoms with van der Waals surface area (Å²) in [6.07, 6.45) is -1.87. The van der Waals surface area contributed by atoms with Crippen molar-refractivity contribution in [1.82, 2.24) is 24.2 Å². The number of hydrogen-bond acceptors (Lipinski definition) is 8. The predicted octanol–water partition coefficient (Wildman–Crippen LogP) is 4.77. The molecule has 3 heterocycles. The van der Waals surface area contributed by atoms with Crippen LogP contribution in [0.5, 0.6) is 0 Å². The molecule has 0 spiro atoms. The Morgan fingerprint density at radius 3 is 2.42 bits per heavy atom. The third-order valence-corrected chi connectivity index (χ3v) is 8.71. The SMILES string of the molecule is Cc1nc(NC(=O)Nc2ccc(CN3CCN(S(C)(=O)=O)CC3)c(C(F)(F)F)c2)sc1-c1ccnc(C(C)C)n1. The standard InChI is InChI=1S/C25H30F3N7O3S2/c1-15(2)22-29-8-7-20(32-22)21-16(3)30-24(39-21)33-23(36)31-18-6-5-17(19(13-18)25(26,27)28)14-34-9-11-35(12-10-34)40(4,37)38/h5-8,13,15H,9-12,14H2,1-4H3,(H2,30,31,33,36). The first-order chi connectivity index (χ1) is 18.7. The first-order valence-electron chi connectivity index (χ1n) is 12.5. The molecule has 40 heavy (non-hydrogen) atoms. The molecule has 1 aliphatic heterocycles. The number of amides is 2. The van der Waals surface area contributed by atoms with Gasteiger partial charge in [0, 0.05) is 50.5 Å². The molecular formula is C25H30F3N7O3S2. The van der Waals surface area contributed by atoms with E-state index in [-0.39, 0.29) is 41.9 Å². The van der Waals surface area contributed by atoms with Crippen molar-refractivity contribution >= 4 is 38.2 Å². The van der Waals surface area contributed by atoms with E-state index in [1.165, 1.54) is 27.8 Å². The number of nitrogens with zero attached hydrogens (tertiary/aromatic N) is 5. The molecule has 1 saturated heterocycles. The van der Waals surface area contributed by atoms with Crippen LogP contribution < -0.4 is 10.6 Å². The summed E-state index contributed by atoms with van der Waals surface area (Å²) in [5.41, 5.74) is 0.464. The van der Waals surface area contributed by atoms with Gasteiger partial charge < -0.3 is 5.32 Å². The number of thiazole rings is 1. The lowest BCUT2D eigenvalue weighted by atomic mass is 10.0. The number of carbonyl (C=O) groups is 1. The van der Waals surface area contributed by atoms with Gasteiger partial charge in [-0.15, -0.1) is 0 Å². The summed E-state index contributed by atoms with van der Waals surface area (Å²) in [6.45, 7) is 6.81. The molecular weight excluding hydrogens is 567 g/mol. The third kappa shape index (κ3) is 7.33. The highest BCUT2D eigenvalue weighted by molar-refractivity contribution is 7.88. The van der Waals surface area contributed by atoms with Crippen LogP contribution in [0.1, 0.15) is 42.4 Å². The monoisotopic (exact) mass is 597 g/mol. The van der Waals surface area contributed by atoms with Gasteiger partial charge in [-0.25, -0.2) is 28.2 Å². The number of aryl methyl sites for hydroxylation is 1. The fourth-order valence-electron chi connectivity index (χ4n) is 4.24. The van der Waals surface area contributed by atoms with Gasteiger partial charge in [-0.3, -0.25) is 10.2 Å². The van der Waals surface area contributed by atoms with Crippen molar-refractivity contribution in [3.8, 4) is 10.6 Å². The van der Waals surface area contributed by atoms with E-state index >= 15 is 0 Å². The van der Waals surface area contributed by atoms with Crippen LogP contribution >= 0.6 is 11.3 Å². The number of urea groups is 1. The van der Waals surface area contributed by atoms with Gasteiger partial charge >= 0.3 is 12.2 Å². The lowest BCUT2D eigenvalue weighted by Crippen LogP contribution is -2.47. The molecule has 1 aromatic carbocycles. The zero-order valence-electron chi connectivity index (χ0n) is 22.4. The Labute approximate surface area is 234 Å². The highest BCUT2D eigenvalue weighted by Crippen LogP contribution is 2.35. The van der Waals surface area contributed by atoms with Crippen molar-refractivity contribution in [2.45, 2.75) is 39.4 Å². The molecule has 1 fully saturated rings. The smallest absolute Gasteiger partial charge is 0.308 e. The van der Waals surface area contributed by atoms with Crippen LogP contribution in [0, 0.1) is 6.92 Å². The minimum absolute atomic E-state index is 0.00164. The van der Waals surface area contributed by atoms with Crippen molar-refractivity contribution in [1.29, 1.82) is 0 Å². The van der Waals surface area contributed by atoms with E-state index in [0.29, 0.717) is 30.3 Å². The van der Waals surface area contributed by atoms with Crippen molar-refractivity contribution in [3.05, 3.63) is 53.1 Å². The van der Waals surface area contributed by atoms with E-state index in [4.69, 9.17) is 0 Å². The topological polar surface area (TPSA) is 120 Å². The van der Waals surface area contributed by atoms with Gasteiger partial charge in [0.15, 0.2) is 5.13 Å². The Hall–Kier alpha value is -3.14. The summed E-state index contributed by atoms with van der Waals surface area (Å²) in [5, 5.41) is 5.31. The second kappa shape index (κ2) is 11.8. The molecule has 0 radical (unpaired) electrons. The molecule has 15 heteroatoms. The van der Waals surface area contributed by atoms with Crippen LogP contribution in [-0.4, -0.2) is 71.0 Å². The summed E-state index contributed by atoms with van der Waals surface area (Å²) in [5.74, 6) is 0.812. The quantitative estimate of drug-likeness (QED) is 0.403. The van der Waals surface area contributed by atoms with Crippen LogP contribution in [-0.2, 0) is 22.7 Å². The van der Waals surface area contributed by atoms with Crippen molar-refractivity contribution < 1.29 is 26.4 Å². The summed E-state index contributed by atoms with van der Waals surface area (Å²) < 4.78 is 66.5. The van der Waals surface area contributed by atoms with Crippen LogP contribution in [0.4, 0.5) is 28.8 Å². The normalized spacial score (nSPS) is 15.4. The molecule has 1 aliphatic rings. The molecule has 0 unspecified atom stereocenters. The number of sulfonamides is 1. The Kier molecular flexibility index (Phi) is 8.77. The Morgan fingerprint density at radius 1 is 1.10 bits per heavy atom. The predicted molar refractivity (Wildman–Crippen MR) is 148 cm³/mol. The number of rotatable bonds is 7. The number of nitrogens with one attached hydrogen (secondary N) is 2. The van der Waals surface area contributed by atoms with E-state index in [2.05, 4.69) is 25.6 Å². The molecule has 2 N–H and O–H groups in total. The number of hydrogen-bond donors (Lipinski definition) is 2. The van der Waals surface area contributed by atoms with Crippen molar-refractivity contribution in [3.63, 3.8) is 0 Å². The van der Waals surface area contributed by atoms with Crippen LogP contribution in [0.2, 0.25) is 0 Å². The number of carbonyl (C=O) groups excluding carboxylic acids is 1. The van der Waals surface area contributed by atoms with Gasteiger partial charge in [-0.05, 0) is 30.7 Å². The zero-order chi connectivity index (χ0) is 29.2. The lowest BCUT2D eigenvalue weighted by molar-refractivity contribution is -0.138. The van der Waals surface area contributed by atoms with E-state index in [9.17, 15) is 26.4 Å². The number of anilines is 2. The van der Waals surface area contributed by atoms with Gasteiger partial charge in [0.25, 0.3) is 0 Å². The molecule has 3 aromatic rings. The van der Waals surface area contributed by atoms with Crippen LogP contribution in [0.25, 0.3) is 10.6 Å². The Morgan fingerprint density at radius 2 is 1.80 bits per heavy atom. The van der Waals surface area contributed by atoms with Crippen LogP contribution in [0.15, 0.2) is 30.5 Å². The van der Waals surface area contributed by atoms with E-state index in [0.717, 1.165) is 17.2 Å². The maximum absolute atomic E-state index is 13.9. The maximum Gasteiger partial charge on any atom is 0.416 e. The number of halogens is 3. The average molecular weight is 598 g/mol. The van der Waals surface area contributed by atoms with Gasteiger partial charge in [0.1, 0.15) is 5.82 Å². The Bertz CT molecular complexity index is 1490. The second-order valence-corrected chi connectivity index (χ2v) is 12.8. The third-order valence-electron chi connectivity index (χ3n) is 6.31. The minimum Gasteiger partial charge on any atom is -0.308 e. The molecule has 10 nitrogen and oxygen atoms in total. The van der Waals surface area contributed by atoms with Crippen molar-refractivity contribution in [2.24, 2.45) is 0 Å². The fourth-order valence-corrected chi connectivity index (χ4v) is 6.00. The maximum atomic E-state index is 13.9. The summed E-state index contributed by atoms with van der Waals surface area (Å²) in [7, 11) is -3.34. The molecule has 2 aromatic heterocycles. The summed E-state index contributed by atoms with van der Waals surface area (Å²) in [4.78, 5) is 28.3. The average Bonchev–Trinajstić information content (AvgIpc) is 3.23. The van der Waals surface area contributed by atoms with Crippen LogP contribution in [0.3, 0.4) is 0 Å². The molecule has 0 aliphatic carbocycles. The van der Waals surface area contributed by atoms with E-state index in [1.807, 2.05) is 13.8 Å². The molecule has 4 rings (SSSR count). The zero-order valence-corrected chi connectivity index (χ0v) is 24.0. The molecule has 0 atom stereocenters. The fraction of sp³-hybridized carbons (Fsp3) is 0.440. The van der Waals surface area contributed by atoms with Gasteiger partial charge in [-0.1, -0.05) is 31.3 Å². The number of alkyl halides is 3. The molecule has 2 amide bonds. The number of benzene rings is 1. The second-order valence-electron chi connectivity index (χ2n) is 9.78. The van der Waals surface area contributed by atoms with E-state index < -0.39 is 27.8 Å². The lowest BCUT2D eigenvalue weighted by Gasteiger charge is -2.33. The largest absolute Gasteiger partial charge is 0.416 e. The highest BCUT2D eigenvalue weighted by Gasteiger charge is 2.34. The summed E-state index contributed by atoms with van der Waals surface area (Å²) in [6, 6.07) is 4.65. The molecule has 0 saturated carbocycles. The highest BCUT2D eigenvalue weighted by atomic mass is 32.2. The molecule has 0 bridgehead atoms. The number of aromatic nitrogens is 3. The van der Waals surface area contributed by atoms with Gasteiger partial charge in [0.05, 0.1) is 28.1 Å². The van der Waals surface area contributed by atoms with Gasteiger partial charge in [-0.2, -0.15) is 17.5 Å². The Balaban J connectivity index is 1.44. The van der Waals surface area contributed by atoms with Crippen molar-refractivity contribution in [2.75, 3.05) is 43.1 Å². The summed E-state index contributed by atoms with van der Waals surface area (Å²) >= 11 is 1.20. The molecule has 216 valence electrons. The first-order valence-corrected chi connectivity index (χ1v) is 15.1. The minimum atomic E-state index is -4.65. The first kappa shape index (κ1) is 29.8. The number of piperazine rings is 1.